The monoisotopic (exact) mass is 441 g/mol. The number of aldehydes is 1. The first-order valence-electron chi connectivity index (χ1n) is 11.9. The van der Waals surface area contributed by atoms with Gasteiger partial charge in [-0.3, -0.25) is 19.5 Å². The number of fused-ring (bicyclic) bond motifs is 1. The summed E-state index contributed by atoms with van der Waals surface area (Å²) in [5, 5.41) is 0. The van der Waals surface area contributed by atoms with Crippen molar-refractivity contribution in [2.75, 3.05) is 46.4 Å². The number of likely N-dealkylation sites (N-methyl/N-ethyl adjacent to an activating group) is 1. The van der Waals surface area contributed by atoms with Crippen molar-refractivity contribution in [1.82, 2.24) is 14.7 Å². The summed E-state index contributed by atoms with van der Waals surface area (Å²) in [6.07, 6.45) is 12.5. The lowest BCUT2D eigenvalue weighted by Gasteiger charge is -2.38. The van der Waals surface area contributed by atoms with Crippen molar-refractivity contribution in [3.05, 3.63) is 46.8 Å². The normalized spacial score (nSPS) is 30.6. The standard InChI is InChI=1S/C26H39N3O3/c1-5-23-9-8-21(3)29(26(31)7-6-10-28-11-13-32-14-12-28)17-20(2)15-25-24(23)16-22(19-30)18-27(25)4/h5,8,16-17,19,22,25H,6-7,9-15,18H2,1-4H3/b20-17+,21-8+,23-5+/t22-,25-/m1/s1. The van der Waals surface area contributed by atoms with Crippen LogP contribution in [0.25, 0.3) is 0 Å². The molecule has 0 aromatic rings. The summed E-state index contributed by atoms with van der Waals surface area (Å²) in [6.45, 7) is 11.4. The Balaban J connectivity index is 1.76. The third-order valence-electron chi connectivity index (χ3n) is 6.78. The van der Waals surface area contributed by atoms with E-state index >= 15 is 0 Å². The molecule has 0 aromatic carbocycles. The van der Waals surface area contributed by atoms with Gasteiger partial charge in [0.1, 0.15) is 6.29 Å². The van der Waals surface area contributed by atoms with Gasteiger partial charge in [0.05, 0.1) is 13.2 Å². The van der Waals surface area contributed by atoms with Crippen LogP contribution in [0.5, 0.6) is 0 Å². The lowest BCUT2D eigenvalue weighted by atomic mass is 9.84. The molecular formula is C26H39N3O3. The van der Waals surface area contributed by atoms with E-state index in [1.807, 2.05) is 18.0 Å². The van der Waals surface area contributed by atoms with E-state index < -0.39 is 0 Å². The highest BCUT2D eigenvalue weighted by atomic mass is 16.5. The summed E-state index contributed by atoms with van der Waals surface area (Å²) >= 11 is 0. The third-order valence-corrected chi connectivity index (χ3v) is 6.78. The zero-order chi connectivity index (χ0) is 23.1. The second-order valence-electron chi connectivity index (χ2n) is 9.24. The largest absolute Gasteiger partial charge is 0.379 e. The summed E-state index contributed by atoms with van der Waals surface area (Å²) in [6, 6.07) is 0.221. The van der Waals surface area contributed by atoms with Crippen LogP contribution in [0, 0.1) is 5.92 Å². The molecule has 6 heteroatoms. The van der Waals surface area contributed by atoms with Crippen LogP contribution in [-0.4, -0.2) is 79.4 Å². The number of morpholine rings is 1. The van der Waals surface area contributed by atoms with Gasteiger partial charge in [-0.1, -0.05) is 23.8 Å². The summed E-state index contributed by atoms with van der Waals surface area (Å²) < 4.78 is 5.41. The van der Waals surface area contributed by atoms with Gasteiger partial charge in [0.15, 0.2) is 0 Å². The average Bonchev–Trinajstić information content (AvgIpc) is 2.79. The van der Waals surface area contributed by atoms with Crippen LogP contribution >= 0.6 is 0 Å². The molecule has 0 saturated carbocycles. The quantitative estimate of drug-likeness (QED) is 0.611. The van der Waals surface area contributed by atoms with Gasteiger partial charge in [-0.15, -0.1) is 0 Å². The highest BCUT2D eigenvalue weighted by molar-refractivity contribution is 5.79. The van der Waals surface area contributed by atoms with Crippen LogP contribution in [0.3, 0.4) is 0 Å². The number of allylic oxidation sites excluding steroid dienone is 3. The van der Waals surface area contributed by atoms with E-state index in [1.54, 1.807) is 0 Å². The van der Waals surface area contributed by atoms with E-state index in [0.717, 1.165) is 70.6 Å². The van der Waals surface area contributed by atoms with E-state index in [0.29, 0.717) is 6.42 Å². The Morgan fingerprint density at radius 3 is 2.69 bits per heavy atom. The molecule has 0 bridgehead atoms. The third kappa shape index (κ3) is 6.27. The van der Waals surface area contributed by atoms with Gasteiger partial charge in [0, 0.05) is 49.9 Å². The first-order chi connectivity index (χ1) is 15.4. The van der Waals surface area contributed by atoms with E-state index in [9.17, 15) is 9.59 Å². The van der Waals surface area contributed by atoms with E-state index in [4.69, 9.17) is 4.74 Å². The van der Waals surface area contributed by atoms with Crippen molar-refractivity contribution < 1.29 is 14.3 Å². The molecule has 0 radical (unpaired) electrons. The van der Waals surface area contributed by atoms with Crippen LogP contribution < -0.4 is 0 Å². The lowest BCUT2D eigenvalue weighted by Crippen LogP contribution is -2.42. The fourth-order valence-electron chi connectivity index (χ4n) is 4.87. The molecular weight excluding hydrogens is 402 g/mol. The summed E-state index contributed by atoms with van der Waals surface area (Å²) in [5.41, 5.74) is 4.63. The van der Waals surface area contributed by atoms with Gasteiger partial charge in [-0.2, -0.15) is 0 Å². The number of hydrogen-bond acceptors (Lipinski definition) is 5. The summed E-state index contributed by atoms with van der Waals surface area (Å²) in [4.78, 5) is 31.2. The van der Waals surface area contributed by atoms with Crippen LogP contribution in [0.1, 0.15) is 46.5 Å². The van der Waals surface area contributed by atoms with Crippen molar-refractivity contribution in [2.24, 2.45) is 5.92 Å². The number of amides is 1. The molecule has 1 saturated heterocycles. The second-order valence-corrected chi connectivity index (χ2v) is 9.24. The Bertz CT molecular complexity index is 805. The van der Waals surface area contributed by atoms with Gasteiger partial charge < -0.3 is 9.53 Å². The number of rotatable bonds is 5. The highest BCUT2D eigenvalue weighted by Gasteiger charge is 2.30. The second kappa shape index (κ2) is 11.7. The lowest BCUT2D eigenvalue weighted by molar-refractivity contribution is -0.127. The zero-order valence-corrected chi connectivity index (χ0v) is 20.2. The molecule has 0 aromatic heterocycles. The van der Waals surface area contributed by atoms with Crippen LogP contribution in [0.15, 0.2) is 46.8 Å². The van der Waals surface area contributed by atoms with Crippen LogP contribution in [0.4, 0.5) is 0 Å². The van der Waals surface area contributed by atoms with Crippen LogP contribution in [-0.2, 0) is 14.3 Å². The Hall–Kier alpha value is -2.02. The van der Waals surface area contributed by atoms with Gasteiger partial charge in [-0.25, -0.2) is 0 Å². The van der Waals surface area contributed by atoms with E-state index in [2.05, 4.69) is 48.9 Å². The molecule has 176 valence electrons. The van der Waals surface area contributed by atoms with E-state index in [-0.39, 0.29) is 17.9 Å². The molecule has 1 amide bonds. The molecule has 3 aliphatic heterocycles. The number of nitrogens with zero attached hydrogens (tertiary/aromatic N) is 3. The zero-order valence-electron chi connectivity index (χ0n) is 20.2. The van der Waals surface area contributed by atoms with Gasteiger partial charge in [0.2, 0.25) is 5.91 Å². The highest BCUT2D eigenvalue weighted by Crippen LogP contribution is 2.33. The summed E-state index contributed by atoms with van der Waals surface area (Å²) in [5.74, 6) is 0.0887. The van der Waals surface area contributed by atoms with Crippen molar-refractivity contribution >= 4 is 12.2 Å². The van der Waals surface area contributed by atoms with Crippen molar-refractivity contribution in [2.45, 2.75) is 52.5 Å². The molecule has 0 aliphatic carbocycles. The number of ether oxygens (including phenoxy) is 1. The molecule has 2 atom stereocenters. The minimum Gasteiger partial charge on any atom is -0.379 e. The average molecular weight is 442 g/mol. The predicted molar refractivity (Wildman–Crippen MR) is 128 cm³/mol. The molecule has 0 spiro atoms. The Morgan fingerprint density at radius 2 is 2.00 bits per heavy atom. The van der Waals surface area contributed by atoms with Crippen LogP contribution in [0.2, 0.25) is 0 Å². The topological polar surface area (TPSA) is 53.1 Å². The number of carbonyl (C=O) groups excluding carboxylic acids is 2. The van der Waals surface area contributed by atoms with Crippen molar-refractivity contribution in [3.63, 3.8) is 0 Å². The molecule has 0 unspecified atom stereocenters. The molecule has 3 rings (SSSR count). The Labute approximate surface area is 193 Å². The molecule has 0 N–H and O–H groups in total. The van der Waals surface area contributed by atoms with Crippen molar-refractivity contribution in [3.8, 4) is 0 Å². The minimum absolute atomic E-state index is 0.0666. The maximum atomic E-state index is 13.2. The Morgan fingerprint density at radius 1 is 1.25 bits per heavy atom. The fourth-order valence-corrected chi connectivity index (χ4v) is 4.87. The first-order valence-corrected chi connectivity index (χ1v) is 11.9. The molecule has 1 fully saturated rings. The predicted octanol–water partition coefficient (Wildman–Crippen LogP) is 3.53. The summed E-state index contributed by atoms with van der Waals surface area (Å²) in [7, 11) is 2.09. The first kappa shape index (κ1) is 24.6. The molecule has 3 heterocycles. The number of hydrogen-bond donors (Lipinski definition) is 0. The smallest absolute Gasteiger partial charge is 0.230 e. The maximum absolute atomic E-state index is 13.2. The number of carbonyl (C=O) groups is 2. The van der Waals surface area contributed by atoms with Gasteiger partial charge >= 0.3 is 0 Å². The molecule has 32 heavy (non-hydrogen) atoms. The SMILES string of the molecule is C/C=C1\C/C=C(\C)N(C(=O)CCCN2CCOCC2)/C=C(\C)C[C@@H]2C1=C[C@@H](C=O)CN2C. The Kier molecular flexibility index (Phi) is 9.02. The van der Waals surface area contributed by atoms with E-state index in [1.165, 1.54) is 16.7 Å². The van der Waals surface area contributed by atoms with Gasteiger partial charge in [-0.05, 0) is 64.8 Å². The van der Waals surface area contributed by atoms with Crippen molar-refractivity contribution in [1.29, 1.82) is 0 Å². The molecule has 6 nitrogen and oxygen atoms in total. The van der Waals surface area contributed by atoms with Gasteiger partial charge in [0.25, 0.3) is 0 Å². The fraction of sp³-hybridized carbons (Fsp3) is 0.615. The maximum Gasteiger partial charge on any atom is 0.230 e. The minimum atomic E-state index is -0.0666. The molecule has 3 aliphatic rings.